The molecule has 0 N–H and O–H groups in total. The summed E-state index contributed by atoms with van der Waals surface area (Å²) >= 11 is 0. The lowest BCUT2D eigenvalue weighted by Gasteiger charge is -2.14. The van der Waals surface area contributed by atoms with Crippen LogP contribution in [0.1, 0.15) is 51.9 Å². The number of carbonyl (C=O) groups is 1. The molecular weight excluding hydrogens is 160 g/mol. The highest BCUT2D eigenvalue weighted by atomic mass is 16.1. The second-order valence-electron chi connectivity index (χ2n) is 3.97. The molecule has 1 rings (SSSR count). The van der Waals surface area contributed by atoms with E-state index in [2.05, 4.69) is 13.0 Å². The van der Waals surface area contributed by atoms with Gasteiger partial charge in [-0.2, -0.15) is 0 Å². The van der Waals surface area contributed by atoms with Crippen LogP contribution in [0.4, 0.5) is 0 Å². The maximum atomic E-state index is 10.9. The van der Waals surface area contributed by atoms with E-state index in [0.29, 0.717) is 11.7 Å². The lowest BCUT2D eigenvalue weighted by Crippen LogP contribution is -2.07. The number of rotatable bonds is 5. The summed E-state index contributed by atoms with van der Waals surface area (Å²) in [6.45, 7) is 2.24. The van der Waals surface area contributed by atoms with Crippen LogP contribution in [-0.4, -0.2) is 5.78 Å². The van der Waals surface area contributed by atoms with Gasteiger partial charge in [0.2, 0.25) is 0 Å². The standard InChI is InChI=1S/C12H20O/c1-2-3-4-5-6-11-7-9-12(13)10-8-11/h7,9,11H,2-6,8,10H2,1H3. The Morgan fingerprint density at radius 2 is 2.23 bits per heavy atom. The Hall–Kier alpha value is -0.590. The quantitative estimate of drug-likeness (QED) is 0.592. The maximum absolute atomic E-state index is 10.9. The molecule has 0 aromatic rings. The minimum Gasteiger partial charge on any atom is -0.295 e. The first kappa shape index (κ1) is 10.5. The Morgan fingerprint density at radius 3 is 2.85 bits per heavy atom. The number of ketones is 1. The molecule has 0 saturated heterocycles. The van der Waals surface area contributed by atoms with Crippen molar-refractivity contribution in [1.29, 1.82) is 0 Å². The molecule has 0 saturated carbocycles. The fraction of sp³-hybridized carbons (Fsp3) is 0.750. The molecule has 1 heteroatoms. The van der Waals surface area contributed by atoms with E-state index in [1.807, 2.05) is 0 Å². The molecule has 0 radical (unpaired) electrons. The van der Waals surface area contributed by atoms with Crippen LogP contribution in [0.25, 0.3) is 0 Å². The number of unbranched alkanes of at least 4 members (excludes halogenated alkanes) is 3. The average Bonchev–Trinajstić information content (AvgIpc) is 2.15. The van der Waals surface area contributed by atoms with Gasteiger partial charge in [-0.05, 0) is 24.8 Å². The zero-order chi connectivity index (χ0) is 9.52. The van der Waals surface area contributed by atoms with E-state index in [1.165, 1.54) is 32.1 Å². The minimum absolute atomic E-state index is 0.310. The van der Waals surface area contributed by atoms with Gasteiger partial charge in [0.05, 0.1) is 0 Å². The highest BCUT2D eigenvalue weighted by Gasteiger charge is 2.11. The van der Waals surface area contributed by atoms with E-state index >= 15 is 0 Å². The Morgan fingerprint density at radius 1 is 1.38 bits per heavy atom. The third-order valence-electron chi connectivity index (χ3n) is 2.74. The second-order valence-corrected chi connectivity index (χ2v) is 3.97. The smallest absolute Gasteiger partial charge is 0.155 e. The third kappa shape index (κ3) is 4.25. The summed E-state index contributed by atoms with van der Waals surface area (Å²) in [5, 5.41) is 0. The highest BCUT2D eigenvalue weighted by molar-refractivity contribution is 5.90. The Balaban J connectivity index is 2.09. The van der Waals surface area contributed by atoms with Crippen molar-refractivity contribution in [1.82, 2.24) is 0 Å². The van der Waals surface area contributed by atoms with Crippen LogP contribution in [0.5, 0.6) is 0 Å². The minimum atomic E-state index is 0.310. The first-order chi connectivity index (χ1) is 6.33. The molecule has 1 atom stereocenters. The topological polar surface area (TPSA) is 17.1 Å². The van der Waals surface area contributed by atoms with Gasteiger partial charge in [-0.1, -0.05) is 38.7 Å². The highest BCUT2D eigenvalue weighted by Crippen LogP contribution is 2.21. The second kappa shape index (κ2) is 5.95. The van der Waals surface area contributed by atoms with Crippen molar-refractivity contribution in [2.45, 2.75) is 51.9 Å². The van der Waals surface area contributed by atoms with Crippen LogP contribution in [0.2, 0.25) is 0 Å². The Labute approximate surface area is 81.2 Å². The van der Waals surface area contributed by atoms with Gasteiger partial charge in [-0.15, -0.1) is 0 Å². The zero-order valence-electron chi connectivity index (χ0n) is 8.59. The van der Waals surface area contributed by atoms with Gasteiger partial charge >= 0.3 is 0 Å². The summed E-state index contributed by atoms with van der Waals surface area (Å²) in [7, 11) is 0. The molecule has 0 aliphatic heterocycles. The molecule has 1 aliphatic carbocycles. The van der Waals surface area contributed by atoms with Gasteiger partial charge in [0, 0.05) is 6.42 Å². The summed E-state index contributed by atoms with van der Waals surface area (Å²) in [5.41, 5.74) is 0. The van der Waals surface area contributed by atoms with Crippen LogP contribution in [0, 0.1) is 5.92 Å². The van der Waals surface area contributed by atoms with Crippen LogP contribution in [0.15, 0.2) is 12.2 Å². The summed E-state index contributed by atoms with van der Waals surface area (Å²) in [5.74, 6) is 0.999. The molecule has 13 heavy (non-hydrogen) atoms. The SMILES string of the molecule is CCCCCCC1C=CC(=O)CC1. The molecule has 0 bridgehead atoms. The van der Waals surface area contributed by atoms with E-state index in [4.69, 9.17) is 0 Å². The van der Waals surface area contributed by atoms with E-state index in [-0.39, 0.29) is 0 Å². The van der Waals surface area contributed by atoms with E-state index < -0.39 is 0 Å². The predicted molar refractivity (Wildman–Crippen MR) is 55.6 cm³/mol. The molecule has 1 unspecified atom stereocenters. The number of hydrogen-bond donors (Lipinski definition) is 0. The van der Waals surface area contributed by atoms with Crippen molar-refractivity contribution in [3.8, 4) is 0 Å². The molecule has 0 aromatic carbocycles. The fourth-order valence-electron chi connectivity index (χ4n) is 1.82. The number of allylic oxidation sites excluding steroid dienone is 2. The van der Waals surface area contributed by atoms with E-state index in [9.17, 15) is 4.79 Å². The van der Waals surface area contributed by atoms with Crippen molar-refractivity contribution in [3.63, 3.8) is 0 Å². The van der Waals surface area contributed by atoms with Crippen LogP contribution in [-0.2, 0) is 4.79 Å². The number of carbonyl (C=O) groups excluding carboxylic acids is 1. The first-order valence-electron chi connectivity index (χ1n) is 5.54. The predicted octanol–water partition coefficient (Wildman–Crippen LogP) is 3.49. The van der Waals surface area contributed by atoms with Gasteiger partial charge in [0.25, 0.3) is 0 Å². The molecule has 0 amide bonds. The average molecular weight is 180 g/mol. The van der Waals surface area contributed by atoms with Gasteiger partial charge < -0.3 is 0 Å². The molecule has 1 nitrogen and oxygen atoms in total. The lowest BCUT2D eigenvalue weighted by atomic mass is 9.90. The van der Waals surface area contributed by atoms with Crippen molar-refractivity contribution < 1.29 is 4.79 Å². The third-order valence-corrected chi connectivity index (χ3v) is 2.74. The normalized spacial score (nSPS) is 22.2. The Bertz CT molecular complexity index is 182. The molecule has 0 aromatic heterocycles. The van der Waals surface area contributed by atoms with Crippen molar-refractivity contribution >= 4 is 5.78 Å². The van der Waals surface area contributed by atoms with Crippen LogP contribution in [0.3, 0.4) is 0 Å². The molecule has 0 heterocycles. The fourth-order valence-corrected chi connectivity index (χ4v) is 1.82. The summed E-state index contributed by atoms with van der Waals surface area (Å²) < 4.78 is 0. The van der Waals surface area contributed by atoms with Crippen molar-refractivity contribution in [3.05, 3.63) is 12.2 Å². The zero-order valence-corrected chi connectivity index (χ0v) is 8.59. The van der Waals surface area contributed by atoms with Crippen molar-refractivity contribution in [2.24, 2.45) is 5.92 Å². The van der Waals surface area contributed by atoms with Gasteiger partial charge in [-0.25, -0.2) is 0 Å². The van der Waals surface area contributed by atoms with Crippen LogP contribution < -0.4 is 0 Å². The largest absolute Gasteiger partial charge is 0.295 e. The summed E-state index contributed by atoms with van der Waals surface area (Å²) in [6, 6.07) is 0. The summed E-state index contributed by atoms with van der Waals surface area (Å²) in [6.07, 6.45) is 12.4. The molecule has 0 spiro atoms. The Kier molecular flexibility index (Phi) is 4.81. The summed E-state index contributed by atoms with van der Waals surface area (Å²) in [4.78, 5) is 10.9. The van der Waals surface area contributed by atoms with Crippen LogP contribution >= 0.6 is 0 Å². The monoisotopic (exact) mass is 180 g/mol. The van der Waals surface area contributed by atoms with E-state index in [0.717, 1.165) is 12.8 Å². The number of hydrogen-bond acceptors (Lipinski definition) is 1. The van der Waals surface area contributed by atoms with Gasteiger partial charge in [-0.3, -0.25) is 4.79 Å². The molecule has 1 aliphatic rings. The van der Waals surface area contributed by atoms with Gasteiger partial charge in [0.15, 0.2) is 5.78 Å². The van der Waals surface area contributed by atoms with Gasteiger partial charge in [0.1, 0.15) is 0 Å². The lowest BCUT2D eigenvalue weighted by molar-refractivity contribution is -0.115. The molecule has 0 fully saturated rings. The van der Waals surface area contributed by atoms with E-state index in [1.54, 1.807) is 6.08 Å². The van der Waals surface area contributed by atoms with Crippen molar-refractivity contribution in [2.75, 3.05) is 0 Å². The first-order valence-corrected chi connectivity index (χ1v) is 5.54. The maximum Gasteiger partial charge on any atom is 0.155 e. The molecule has 74 valence electrons. The molecular formula is C12H20O.